The van der Waals surface area contributed by atoms with Gasteiger partial charge in [0.1, 0.15) is 0 Å². The molecule has 0 aromatic rings. The largest absolute Gasteiger partial charge is 0.481 e. The van der Waals surface area contributed by atoms with Crippen molar-refractivity contribution in [2.45, 2.75) is 90.9 Å². The molecule has 0 aliphatic carbocycles. The van der Waals surface area contributed by atoms with Crippen molar-refractivity contribution in [3.05, 3.63) is 36.5 Å². The first-order valence-electron chi connectivity index (χ1n) is 9.89. The molecule has 2 heteroatoms. The average Bonchev–Trinajstić information content (AvgIpc) is 2.57. The maximum absolute atomic E-state index is 10.4. The lowest BCUT2D eigenvalue weighted by atomic mass is 9.98. The monoisotopic (exact) mass is 334 g/mol. The second kappa shape index (κ2) is 18.0. The van der Waals surface area contributed by atoms with Crippen LogP contribution in [0.25, 0.3) is 0 Å². The molecule has 0 amide bonds. The van der Waals surface area contributed by atoms with Crippen LogP contribution in [0, 0.1) is 5.92 Å². The fourth-order valence-corrected chi connectivity index (χ4v) is 2.63. The van der Waals surface area contributed by atoms with Gasteiger partial charge in [-0.1, -0.05) is 76.0 Å². The maximum atomic E-state index is 10.4. The minimum atomic E-state index is -0.678. The molecule has 0 aliphatic rings. The van der Waals surface area contributed by atoms with Crippen LogP contribution in [0.2, 0.25) is 0 Å². The first kappa shape index (κ1) is 22.7. The molecule has 24 heavy (non-hydrogen) atoms. The van der Waals surface area contributed by atoms with E-state index >= 15 is 0 Å². The zero-order valence-electron chi connectivity index (χ0n) is 15.9. The molecule has 0 saturated heterocycles. The summed E-state index contributed by atoms with van der Waals surface area (Å²) in [4.78, 5) is 10.4. The van der Waals surface area contributed by atoms with Gasteiger partial charge in [-0.15, -0.1) is 0 Å². The third kappa shape index (κ3) is 17.1. The second-order valence-corrected chi connectivity index (χ2v) is 6.50. The summed E-state index contributed by atoms with van der Waals surface area (Å²) in [5.74, 6) is 0.0800. The van der Waals surface area contributed by atoms with E-state index < -0.39 is 5.97 Å². The Morgan fingerprint density at radius 2 is 1.54 bits per heavy atom. The van der Waals surface area contributed by atoms with Gasteiger partial charge in [0.05, 0.1) is 0 Å². The van der Waals surface area contributed by atoms with Crippen molar-refractivity contribution in [2.75, 3.05) is 0 Å². The van der Waals surface area contributed by atoms with Crippen molar-refractivity contribution in [3.8, 4) is 0 Å². The van der Waals surface area contributed by atoms with Crippen LogP contribution in [-0.4, -0.2) is 11.1 Å². The Hall–Kier alpha value is -1.31. The molecule has 0 radical (unpaired) electrons. The van der Waals surface area contributed by atoms with Crippen molar-refractivity contribution in [1.29, 1.82) is 0 Å². The highest BCUT2D eigenvalue weighted by molar-refractivity contribution is 5.66. The number of allylic oxidation sites excluding steroid dienone is 6. The van der Waals surface area contributed by atoms with E-state index in [4.69, 9.17) is 5.11 Å². The summed E-state index contributed by atoms with van der Waals surface area (Å²) in [6.07, 6.45) is 26.5. The summed E-state index contributed by atoms with van der Waals surface area (Å²) in [6.45, 7) is 4.53. The Bertz CT molecular complexity index is 366. The number of hydrogen-bond donors (Lipinski definition) is 1. The molecule has 0 aromatic carbocycles. The summed E-state index contributed by atoms with van der Waals surface area (Å²) in [5, 5.41) is 8.54. The number of carbonyl (C=O) groups is 1. The molecule has 0 fully saturated rings. The highest BCUT2D eigenvalue weighted by Crippen LogP contribution is 2.14. The molecule has 1 atom stereocenters. The molecule has 0 aromatic heterocycles. The van der Waals surface area contributed by atoms with Crippen LogP contribution in [-0.2, 0) is 4.79 Å². The summed E-state index contributed by atoms with van der Waals surface area (Å²) < 4.78 is 0. The zero-order chi connectivity index (χ0) is 17.9. The summed E-state index contributed by atoms with van der Waals surface area (Å²) in [5.41, 5.74) is 0. The van der Waals surface area contributed by atoms with E-state index in [1.165, 1.54) is 32.1 Å². The van der Waals surface area contributed by atoms with Crippen molar-refractivity contribution in [3.63, 3.8) is 0 Å². The Morgan fingerprint density at radius 1 is 0.875 bits per heavy atom. The van der Waals surface area contributed by atoms with Gasteiger partial charge in [-0.05, 0) is 50.9 Å². The van der Waals surface area contributed by atoms with Gasteiger partial charge in [-0.25, -0.2) is 0 Å². The van der Waals surface area contributed by atoms with E-state index in [1.807, 2.05) is 0 Å². The SMILES string of the molecule is CCCCC(/C=C/C/C=C/C/C=C/CCCCCCC(=O)O)CC. The number of aliphatic carboxylic acids is 1. The molecular weight excluding hydrogens is 296 g/mol. The second-order valence-electron chi connectivity index (χ2n) is 6.50. The van der Waals surface area contributed by atoms with E-state index in [9.17, 15) is 4.79 Å². The molecule has 0 bridgehead atoms. The molecule has 138 valence electrons. The van der Waals surface area contributed by atoms with Gasteiger partial charge in [0.25, 0.3) is 0 Å². The van der Waals surface area contributed by atoms with Gasteiger partial charge in [0.2, 0.25) is 0 Å². The molecule has 0 spiro atoms. The molecule has 0 heterocycles. The molecule has 0 saturated carbocycles. The summed E-state index contributed by atoms with van der Waals surface area (Å²) in [7, 11) is 0. The van der Waals surface area contributed by atoms with Gasteiger partial charge >= 0.3 is 5.97 Å². The maximum Gasteiger partial charge on any atom is 0.303 e. The van der Waals surface area contributed by atoms with Crippen LogP contribution < -0.4 is 0 Å². The lowest BCUT2D eigenvalue weighted by molar-refractivity contribution is -0.137. The van der Waals surface area contributed by atoms with E-state index in [0.717, 1.165) is 44.4 Å². The van der Waals surface area contributed by atoms with E-state index in [-0.39, 0.29) is 0 Å². The minimum Gasteiger partial charge on any atom is -0.481 e. The fraction of sp³-hybridized carbons (Fsp3) is 0.682. The van der Waals surface area contributed by atoms with E-state index in [0.29, 0.717) is 6.42 Å². The van der Waals surface area contributed by atoms with Gasteiger partial charge in [-0.2, -0.15) is 0 Å². The van der Waals surface area contributed by atoms with E-state index in [1.54, 1.807) is 0 Å². The quantitative estimate of drug-likeness (QED) is 0.242. The molecule has 0 rings (SSSR count). The van der Waals surface area contributed by atoms with Crippen LogP contribution >= 0.6 is 0 Å². The number of unbranched alkanes of at least 4 members (excludes halogenated alkanes) is 5. The molecule has 1 unspecified atom stereocenters. The van der Waals surface area contributed by atoms with Crippen molar-refractivity contribution >= 4 is 5.97 Å². The standard InChI is InChI=1S/C22H38O2/c1-3-5-18-21(4-2)19-16-14-12-10-8-6-7-9-11-13-15-17-20-22(23)24/h6-7,10,12,16,19,21H,3-5,8-9,11,13-15,17-18,20H2,1-2H3,(H,23,24)/b7-6+,12-10+,19-16+. The van der Waals surface area contributed by atoms with Crippen molar-refractivity contribution < 1.29 is 9.90 Å². The van der Waals surface area contributed by atoms with Crippen molar-refractivity contribution in [1.82, 2.24) is 0 Å². The lowest BCUT2D eigenvalue weighted by Gasteiger charge is -2.07. The van der Waals surface area contributed by atoms with Crippen molar-refractivity contribution in [2.24, 2.45) is 5.92 Å². The fourth-order valence-electron chi connectivity index (χ4n) is 2.63. The topological polar surface area (TPSA) is 37.3 Å². The minimum absolute atomic E-state index is 0.312. The zero-order valence-corrected chi connectivity index (χ0v) is 15.9. The van der Waals surface area contributed by atoms with Gasteiger partial charge in [-0.3, -0.25) is 4.79 Å². The van der Waals surface area contributed by atoms with Crippen LogP contribution in [0.4, 0.5) is 0 Å². The Kier molecular flexibility index (Phi) is 17.1. The number of rotatable bonds is 16. The average molecular weight is 335 g/mol. The van der Waals surface area contributed by atoms with Gasteiger partial charge < -0.3 is 5.11 Å². The molecule has 1 N–H and O–H groups in total. The Morgan fingerprint density at radius 3 is 2.21 bits per heavy atom. The smallest absolute Gasteiger partial charge is 0.303 e. The Labute approximate surface area is 149 Å². The van der Waals surface area contributed by atoms with Crippen LogP contribution in [0.1, 0.15) is 90.9 Å². The van der Waals surface area contributed by atoms with Crippen LogP contribution in [0.15, 0.2) is 36.5 Å². The predicted octanol–water partition coefficient (Wildman–Crippen LogP) is 7.08. The summed E-state index contributed by atoms with van der Waals surface area (Å²) in [6, 6.07) is 0. The number of carboxylic acid groups (broad SMARTS) is 1. The molecule has 0 aliphatic heterocycles. The molecular formula is C22H38O2. The first-order chi connectivity index (χ1) is 11.7. The third-order valence-corrected chi connectivity index (χ3v) is 4.25. The van der Waals surface area contributed by atoms with Gasteiger partial charge in [0.15, 0.2) is 0 Å². The third-order valence-electron chi connectivity index (χ3n) is 4.25. The highest BCUT2D eigenvalue weighted by Gasteiger charge is 1.99. The number of hydrogen-bond acceptors (Lipinski definition) is 1. The van der Waals surface area contributed by atoms with Crippen LogP contribution in [0.5, 0.6) is 0 Å². The van der Waals surface area contributed by atoms with E-state index in [2.05, 4.69) is 50.3 Å². The van der Waals surface area contributed by atoms with Crippen LogP contribution in [0.3, 0.4) is 0 Å². The Balaban J connectivity index is 3.52. The number of carboxylic acids is 1. The molecule has 2 nitrogen and oxygen atoms in total. The lowest BCUT2D eigenvalue weighted by Crippen LogP contribution is -1.93. The summed E-state index contributed by atoms with van der Waals surface area (Å²) >= 11 is 0. The normalized spacial score (nSPS) is 13.4. The predicted molar refractivity (Wildman–Crippen MR) is 105 cm³/mol. The first-order valence-corrected chi connectivity index (χ1v) is 9.89. The van der Waals surface area contributed by atoms with Gasteiger partial charge in [0, 0.05) is 6.42 Å². The highest BCUT2D eigenvalue weighted by atomic mass is 16.4.